The summed E-state index contributed by atoms with van der Waals surface area (Å²) >= 11 is 0. The number of benzene rings is 1. The van der Waals surface area contributed by atoms with Crippen LogP contribution in [0.25, 0.3) is 11.4 Å². The van der Waals surface area contributed by atoms with E-state index < -0.39 is 0 Å². The fourth-order valence-electron chi connectivity index (χ4n) is 1.74. The van der Waals surface area contributed by atoms with Gasteiger partial charge in [0, 0.05) is 7.05 Å². The van der Waals surface area contributed by atoms with E-state index in [0.29, 0.717) is 17.0 Å². The number of rotatable bonds is 2. The summed E-state index contributed by atoms with van der Waals surface area (Å²) in [5, 5.41) is 4.21. The Morgan fingerprint density at radius 2 is 2.00 bits per heavy atom. The lowest BCUT2D eigenvalue weighted by atomic mass is 9.99. The number of aromatic nitrogens is 3. The smallest absolute Gasteiger partial charge is 0.184 e. The average molecular weight is 233 g/mol. The lowest BCUT2D eigenvalue weighted by Gasteiger charge is -2.08. The molecule has 1 aromatic carbocycles. The Morgan fingerprint density at radius 1 is 1.29 bits per heavy atom. The first kappa shape index (κ1) is 11.8. The maximum Gasteiger partial charge on any atom is 0.184 e. The molecule has 1 aromatic heterocycles. The van der Waals surface area contributed by atoms with E-state index in [0.717, 1.165) is 5.82 Å². The van der Waals surface area contributed by atoms with Gasteiger partial charge in [-0.25, -0.2) is 9.37 Å². The summed E-state index contributed by atoms with van der Waals surface area (Å²) in [4.78, 5) is 4.25. The molecular formula is C13H16FN3. The highest BCUT2D eigenvalue weighted by Gasteiger charge is 2.15. The van der Waals surface area contributed by atoms with Gasteiger partial charge in [0.25, 0.3) is 0 Å². The van der Waals surface area contributed by atoms with Gasteiger partial charge in [0.15, 0.2) is 5.82 Å². The Morgan fingerprint density at radius 3 is 2.53 bits per heavy atom. The zero-order valence-corrected chi connectivity index (χ0v) is 10.5. The molecule has 0 atom stereocenters. The lowest BCUT2D eigenvalue weighted by Crippen LogP contribution is -1.97. The van der Waals surface area contributed by atoms with Crippen molar-refractivity contribution in [2.75, 3.05) is 0 Å². The molecule has 0 N–H and O–H groups in total. The Balaban J connectivity index is 2.56. The summed E-state index contributed by atoms with van der Waals surface area (Å²) in [7, 11) is 1.80. The zero-order chi connectivity index (χ0) is 12.6. The van der Waals surface area contributed by atoms with E-state index in [1.807, 2.05) is 26.8 Å². The summed E-state index contributed by atoms with van der Waals surface area (Å²) in [5.74, 6) is 1.16. The third-order valence-electron chi connectivity index (χ3n) is 2.87. The van der Waals surface area contributed by atoms with Crippen LogP contribution in [0, 0.1) is 12.7 Å². The molecule has 4 heteroatoms. The molecule has 2 aromatic rings. The number of nitrogens with zero attached hydrogens (tertiary/aromatic N) is 3. The molecule has 0 radical (unpaired) electrons. The topological polar surface area (TPSA) is 30.7 Å². The molecule has 0 unspecified atom stereocenters. The first-order chi connectivity index (χ1) is 8.00. The zero-order valence-electron chi connectivity index (χ0n) is 10.5. The standard InChI is InChI=1S/C13H16FN3/c1-8(2)10-6-5-7-11(12(10)14)13-15-9(3)17(4)16-13/h5-8H,1-4H3. The highest BCUT2D eigenvalue weighted by molar-refractivity contribution is 5.57. The second-order valence-corrected chi connectivity index (χ2v) is 4.47. The van der Waals surface area contributed by atoms with Crippen molar-refractivity contribution in [3.05, 3.63) is 35.4 Å². The molecule has 1 heterocycles. The van der Waals surface area contributed by atoms with Gasteiger partial charge >= 0.3 is 0 Å². The molecular weight excluding hydrogens is 217 g/mol. The minimum absolute atomic E-state index is 0.153. The molecule has 90 valence electrons. The molecule has 0 aliphatic carbocycles. The van der Waals surface area contributed by atoms with E-state index in [-0.39, 0.29) is 11.7 Å². The van der Waals surface area contributed by atoms with Crippen LogP contribution in [0.3, 0.4) is 0 Å². The van der Waals surface area contributed by atoms with Gasteiger partial charge in [-0.05, 0) is 24.5 Å². The van der Waals surface area contributed by atoms with Crippen molar-refractivity contribution >= 4 is 0 Å². The van der Waals surface area contributed by atoms with Crippen LogP contribution in [0.1, 0.15) is 31.2 Å². The van der Waals surface area contributed by atoms with Crippen molar-refractivity contribution in [1.29, 1.82) is 0 Å². The van der Waals surface area contributed by atoms with Crippen LogP contribution in [0.5, 0.6) is 0 Å². The summed E-state index contributed by atoms with van der Waals surface area (Å²) in [6, 6.07) is 5.37. The fraction of sp³-hybridized carbons (Fsp3) is 0.385. The predicted molar refractivity (Wildman–Crippen MR) is 65.2 cm³/mol. The summed E-state index contributed by atoms with van der Waals surface area (Å²) < 4.78 is 15.9. The number of hydrogen-bond acceptors (Lipinski definition) is 2. The van der Waals surface area contributed by atoms with Crippen LogP contribution in [-0.2, 0) is 7.05 Å². The van der Waals surface area contributed by atoms with Gasteiger partial charge in [-0.1, -0.05) is 26.0 Å². The third kappa shape index (κ3) is 2.07. The summed E-state index contributed by atoms with van der Waals surface area (Å²) in [6.07, 6.45) is 0. The number of aryl methyl sites for hydroxylation is 2. The Hall–Kier alpha value is -1.71. The Bertz CT molecular complexity index is 524. The average Bonchev–Trinajstić information content (AvgIpc) is 2.59. The molecule has 0 fully saturated rings. The van der Waals surface area contributed by atoms with E-state index in [2.05, 4.69) is 10.1 Å². The Kier molecular flexibility index (Phi) is 2.96. The molecule has 0 spiro atoms. The van der Waals surface area contributed by atoms with Crippen molar-refractivity contribution in [2.24, 2.45) is 7.05 Å². The third-order valence-corrected chi connectivity index (χ3v) is 2.87. The predicted octanol–water partition coefficient (Wildman–Crippen LogP) is 3.05. The van der Waals surface area contributed by atoms with Gasteiger partial charge < -0.3 is 0 Å². The molecule has 0 bridgehead atoms. The Labute approximate surface area is 100 Å². The van der Waals surface area contributed by atoms with Gasteiger partial charge in [-0.2, -0.15) is 5.10 Å². The first-order valence-electron chi connectivity index (χ1n) is 5.67. The van der Waals surface area contributed by atoms with Gasteiger partial charge in [-0.15, -0.1) is 0 Å². The second-order valence-electron chi connectivity index (χ2n) is 4.47. The first-order valence-corrected chi connectivity index (χ1v) is 5.67. The van der Waals surface area contributed by atoms with Gasteiger partial charge in [-0.3, -0.25) is 4.68 Å². The van der Waals surface area contributed by atoms with Crippen molar-refractivity contribution < 1.29 is 4.39 Å². The highest BCUT2D eigenvalue weighted by Crippen LogP contribution is 2.26. The van der Waals surface area contributed by atoms with Crippen molar-refractivity contribution in [3.8, 4) is 11.4 Å². The molecule has 0 aliphatic heterocycles. The maximum absolute atomic E-state index is 14.3. The molecule has 0 saturated carbocycles. The number of hydrogen-bond donors (Lipinski definition) is 0. The maximum atomic E-state index is 14.3. The molecule has 0 aliphatic rings. The largest absolute Gasteiger partial charge is 0.253 e. The molecule has 17 heavy (non-hydrogen) atoms. The quantitative estimate of drug-likeness (QED) is 0.798. The van der Waals surface area contributed by atoms with Crippen LogP contribution >= 0.6 is 0 Å². The van der Waals surface area contributed by atoms with Crippen LogP contribution in [0.2, 0.25) is 0 Å². The van der Waals surface area contributed by atoms with Gasteiger partial charge in [0.1, 0.15) is 11.6 Å². The lowest BCUT2D eigenvalue weighted by molar-refractivity contribution is 0.600. The van der Waals surface area contributed by atoms with Crippen molar-refractivity contribution in [3.63, 3.8) is 0 Å². The van der Waals surface area contributed by atoms with Gasteiger partial charge in [0.2, 0.25) is 0 Å². The minimum atomic E-state index is -0.215. The second kappa shape index (κ2) is 4.28. The molecule has 3 nitrogen and oxygen atoms in total. The van der Waals surface area contributed by atoms with E-state index >= 15 is 0 Å². The van der Waals surface area contributed by atoms with E-state index in [1.165, 1.54) is 0 Å². The SMILES string of the molecule is Cc1nc(-c2cccc(C(C)C)c2F)nn1C. The van der Waals surface area contributed by atoms with Crippen molar-refractivity contribution in [1.82, 2.24) is 14.8 Å². The highest BCUT2D eigenvalue weighted by atomic mass is 19.1. The van der Waals surface area contributed by atoms with E-state index in [4.69, 9.17) is 0 Å². The molecule has 0 saturated heterocycles. The van der Waals surface area contributed by atoms with Crippen LogP contribution < -0.4 is 0 Å². The summed E-state index contributed by atoms with van der Waals surface area (Å²) in [5.41, 5.74) is 1.17. The van der Waals surface area contributed by atoms with Gasteiger partial charge in [0.05, 0.1) is 5.56 Å². The van der Waals surface area contributed by atoms with Crippen molar-refractivity contribution in [2.45, 2.75) is 26.7 Å². The fourth-order valence-corrected chi connectivity index (χ4v) is 1.74. The molecule has 0 amide bonds. The van der Waals surface area contributed by atoms with Crippen LogP contribution in [0.15, 0.2) is 18.2 Å². The minimum Gasteiger partial charge on any atom is -0.253 e. The van der Waals surface area contributed by atoms with E-state index in [1.54, 1.807) is 23.9 Å². The van der Waals surface area contributed by atoms with Crippen LogP contribution in [0.4, 0.5) is 4.39 Å². The van der Waals surface area contributed by atoms with Crippen LogP contribution in [-0.4, -0.2) is 14.8 Å². The summed E-state index contributed by atoms with van der Waals surface area (Å²) in [6.45, 7) is 5.79. The normalized spacial score (nSPS) is 11.2. The monoisotopic (exact) mass is 233 g/mol. The molecule has 2 rings (SSSR count). The van der Waals surface area contributed by atoms with E-state index in [9.17, 15) is 4.39 Å². The number of halogens is 1.